The number of morpholine rings is 1. The van der Waals surface area contributed by atoms with Gasteiger partial charge in [0.05, 0.1) is 25.0 Å². The maximum absolute atomic E-state index is 12.4. The monoisotopic (exact) mass is 331 g/mol. The van der Waals surface area contributed by atoms with Crippen LogP contribution in [0.5, 0.6) is 0 Å². The van der Waals surface area contributed by atoms with Gasteiger partial charge in [0.25, 0.3) is 0 Å². The minimum absolute atomic E-state index is 0.156. The van der Waals surface area contributed by atoms with Gasteiger partial charge in [-0.15, -0.1) is 10.2 Å². The molecule has 0 aliphatic carbocycles. The first-order valence-electron chi connectivity index (χ1n) is 7.95. The van der Waals surface area contributed by atoms with Crippen molar-refractivity contribution < 1.29 is 13.9 Å². The van der Waals surface area contributed by atoms with Crippen molar-refractivity contribution in [3.63, 3.8) is 0 Å². The summed E-state index contributed by atoms with van der Waals surface area (Å²) in [6.45, 7) is 7.18. The molecule has 1 fully saturated rings. The van der Waals surface area contributed by atoms with Crippen LogP contribution in [0.3, 0.4) is 0 Å². The molecular formula is C16H21N5O3. The van der Waals surface area contributed by atoms with E-state index in [1.54, 1.807) is 17.3 Å². The highest BCUT2D eigenvalue weighted by atomic mass is 16.5. The molecule has 0 aromatic carbocycles. The lowest BCUT2D eigenvalue weighted by molar-refractivity contribution is -0.0276. The van der Waals surface area contributed by atoms with E-state index in [0.29, 0.717) is 37.2 Å². The molecule has 2 aromatic heterocycles. The molecule has 1 saturated heterocycles. The SMILES string of the molecule is Cc1cncc(NC(=O)N2CCOC(c3nnc(C(C)C)o3)C2)c1. The first-order valence-corrected chi connectivity index (χ1v) is 7.95. The van der Waals surface area contributed by atoms with Gasteiger partial charge in [0.1, 0.15) is 0 Å². The number of nitrogens with one attached hydrogen (secondary N) is 1. The number of carbonyl (C=O) groups excluding carboxylic acids is 1. The fraction of sp³-hybridized carbons (Fsp3) is 0.500. The zero-order valence-corrected chi connectivity index (χ0v) is 14.0. The highest BCUT2D eigenvalue weighted by Crippen LogP contribution is 2.23. The second-order valence-electron chi connectivity index (χ2n) is 6.12. The molecule has 1 aliphatic rings. The number of hydrogen-bond acceptors (Lipinski definition) is 6. The molecule has 2 aromatic rings. The number of pyridine rings is 1. The lowest BCUT2D eigenvalue weighted by Gasteiger charge is -2.31. The van der Waals surface area contributed by atoms with Crippen molar-refractivity contribution in [2.45, 2.75) is 32.8 Å². The zero-order valence-electron chi connectivity index (χ0n) is 14.0. The number of rotatable bonds is 3. The third-order valence-electron chi connectivity index (χ3n) is 3.71. The van der Waals surface area contributed by atoms with E-state index in [-0.39, 0.29) is 11.9 Å². The van der Waals surface area contributed by atoms with Crippen LogP contribution in [0.1, 0.15) is 43.2 Å². The Hall–Kier alpha value is -2.48. The Labute approximate surface area is 140 Å². The quantitative estimate of drug-likeness (QED) is 0.929. The third kappa shape index (κ3) is 3.70. The minimum atomic E-state index is -0.403. The van der Waals surface area contributed by atoms with Crippen molar-refractivity contribution in [1.82, 2.24) is 20.1 Å². The molecule has 0 spiro atoms. The van der Waals surface area contributed by atoms with Gasteiger partial charge in [-0.1, -0.05) is 13.8 Å². The second-order valence-corrected chi connectivity index (χ2v) is 6.12. The van der Waals surface area contributed by atoms with Crippen LogP contribution >= 0.6 is 0 Å². The lowest BCUT2D eigenvalue weighted by atomic mass is 10.2. The summed E-state index contributed by atoms with van der Waals surface area (Å²) in [5.41, 5.74) is 1.66. The summed E-state index contributed by atoms with van der Waals surface area (Å²) in [7, 11) is 0. The van der Waals surface area contributed by atoms with Gasteiger partial charge in [-0.25, -0.2) is 4.79 Å². The smallest absolute Gasteiger partial charge is 0.322 e. The Morgan fingerprint density at radius 3 is 2.92 bits per heavy atom. The van der Waals surface area contributed by atoms with Gasteiger partial charge in [0.15, 0.2) is 6.10 Å². The average Bonchev–Trinajstić information content (AvgIpc) is 3.05. The highest BCUT2D eigenvalue weighted by molar-refractivity contribution is 5.89. The zero-order chi connectivity index (χ0) is 17.1. The second kappa shape index (κ2) is 6.96. The van der Waals surface area contributed by atoms with Crippen LogP contribution in [0, 0.1) is 6.92 Å². The normalized spacial score (nSPS) is 18.0. The Bertz CT molecular complexity index is 715. The summed E-state index contributed by atoms with van der Waals surface area (Å²) in [5.74, 6) is 1.14. The van der Waals surface area contributed by atoms with Crippen molar-refractivity contribution in [1.29, 1.82) is 0 Å². The summed E-state index contributed by atoms with van der Waals surface area (Å²) in [5, 5.41) is 10.9. The van der Waals surface area contributed by atoms with Gasteiger partial charge in [0.2, 0.25) is 11.8 Å². The Morgan fingerprint density at radius 2 is 2.21 bits per heavy atom. The van der Waals surface area contributed by atoms with E-state index in [1.807, 2.05) is 26.8 Å². The van der Waals surface area contributed by atoms with Gasteiger partial charge in [-0.05, 0) is 18.6 Å². The standard InChI is InChI=1S/C16H21N5O3/c1-10(2)14-19-20-15(24-14)13-9-21(4-5-23-13)16(22)18-12-6-11(3)7-17-8-12/h6-8,10,13H,4-5,9H2,1-3H3,(H,18,22). The number of amides is 2. The predicted molar refractivity (Wildman–Crippen MR) is 86.6 cm³/mol. The van der Waals surface area contributed by atoms with Crippen molar-refractivity contribution in [2.24, 2.45) is 0 Å². The lowest BCUT2D eigenvalue weighted by Crippen LogP contribution is -2.44. The van der Waals surface area contributed by atoms with Crippen LogP contribution in [0.2, 0.25) is 0 Å². The van der Waals surface area contributed by atoms with Crippen LogP contribution < -0.4 is 5.32 Å². The maximum atomic E-state index is 12.4. The minimum Gasteiger partial charge on any atom is -0.422 e. The largest absolute Gasteiger partial charge is 0.422 e. The Balaban J connectivity index is 1.65. The van der Waals surface area contributed by atoms with Crippen molar-refractivity contribution in [3.05, 3.63) is 35.8 Å². The molecule has 1 unspecified atom stereocenters. The number of aryl methyl sites for hydroxylation is 1. The first-order chi connectivity index (χ1) is 11.5. The maximum Gasteiger partial charge on any atom is 0.322 e. The topological polar surface area (TPSA) is 93.4 Å². The van der Waals surface area contributed by atoms with Gasteiger partial charge in [-0.3, -0.25) is 4.98 Å². The van der Waals surface area contributed by atoms with Crippen molar-refractivity contribution >= 4 is 11.7 Å². The van der Waals surface area contributed by atoms with E-state index in [0.717, 1.165) is 5.56 Å². The Morgan fingerprint density at radius 1 is 1.38 bits per heavy atom. The fourth-order valence-electron chi connectivity index (χ4n) is 2.42. The molecule has 0 bridgehead atoms. The molecule has 24 heavy (non-hydrogen) atoms. The molecule has 0 saturated carbocycles. The summed E-state index contributed by atoms with van der Waals surface area (Å²) in [6, 6.07) is 1.68. The summed E-state index contributed by atoms with van der Waals surface area (Å²) in [6.07, 6.45) is 2.96. The van der Waals surface area contributed by atoms with Crippen LogP contribution in [0.15, 0.2) is 22.9 Å². The number of aromatic nitrogens is 3. The summed E-state index contributed by atoms with van der Waals surface area (Å²) >= 11 is 0. The van der Waals surface area contributed by atoms with E-state index in [1.165, 1.54) is 0 Å². The van der Waals surface area contributed by atoms with Gasteiger partial charge >= 0.3 is 6.03 Å². The van der Waals surface area contributed by atoms with E-state index in [2.05, 4.69) is 20.5 Å². The highest BCUT2D eigenvalue weighted by Gasteiger charge is 2.29. The van der Waals surface area contributed by atoms with Crippen LogP contribution in [-0.2, 0) is 4.74 Å². The van der Waals surface area contributed by atoms with E-state index in [4.69, 9.17) is 9.15 Å². The van der Waals surface area contributed by atoms with Crippen LogP contribution in [0.25, 0.3) is 0 Å². The van der Waals surface area contributed by atoms with Gasteiger partial charge in [0, 0.05) is 18.7 Å². The predicted octanol–water partition coefficient (Wildman–Crippen LogP) is 2.50. The molecule has 1 aliphatic heterocycles. The number of nitrogens with zero attached hydrogens (tertiary/aromatic N) is 4. The molecule has 3 rings (SSSR count). The summed E-state index contributed by atoms with van der Waals surface area (Å²) in [4.78, 5) is 18.2. The third-order valence-corrected chi connectivity index (χ3v) is 3.71. The van der Waals surface area contributed by atoms with Crippen molar-refractivity contribution in [3.8, 4) is 0 Å². The summed E-state index contributed by atoms with van der Waals surface area (Å²) < 4.78 is 11.3. The number of urea groups is 1. The van der Waals surface area contributed by atoms with Crippen molar-refractivity contribution in [2.75, 3.05) is 25.0 Å². The number of ether oxygens (including phenoxy) is 1. The molecule has 8 heteroatoms. The number of hydrogen-bond donors (Lipinski definition) is 1. The molecular weight excluding hydrogens is 310 g/mol. The molecule has 0 radical (unpaired) electrons. The fourth-order valence-corrected chi connectivity index (χ4v) is 2.42. The van der Waals surface area contributed by atoms with Gasteiger partial charge in [-0.2, -0.15) is 0 Å². The molecule has 1 atom stereocenters. The molecule has 1 N–H and O–H groups in total. The Kier molecular flexibility index (Phi) is 4.75. The van der Waals surface area contributed by atoms with E-state index < -0.39 is 6.10 Å². The van der Waals surface area contributed by atoms with Gasteiger partial charge < -0.3 is 19.4 Å². The molecule has 3 heterocycles. The number of anilines is 1. The van der Waals surface area contributed by atoms with E-state index in [9.17, 15) is 4.79 Å². The van der Waals surface area contributed by atoms with Crippen LogP contribution in [0.4, 0.5) is 10.5 Å². The average molecular weight is 331 g/mol. The van der Waals surface area contributed by atoms with E-state index >= 15 is 0 Å². The molecule has 128 valence electrons. The molecule has 8 nitrogen and oxygen atoms in total. The molecule has 2 amide bonds. The van der Waals surface area contributed by atoms with Crippen LogP contribution in [-0.4, -0.2) is 45.8 Å². The number of carbonyl (C=O) groups is 1. The first kappa shape index (κ1) is 16.4.